The van der Waals surface area contributed by atoms with Crippen LogP contribution in [0.25, 0.3) is 22.8 Å². The number of nitrogens with one attached hydrogen (secondary N) is 1. The zero-order valence-electron chi connectivity index (χ0n) is 17.7. The number of sulfone groups is 1. The molecule has 1 N–H and O–H groups in total. The second kappa shape index (κ2) is 8.80. The molecule has 32 heavy (non-hydrogen) atoms. The SMILES string of the molecule is Cc1ccc(-c2cnc(-c3ccccc3C(=O)NCc3ccc(S(C)(=O)=O)cc3)o2)cc1. The fraction of sp³-hybridized carbons (Fsp3) is 0.120. The number of amides is 1. The van der Waals surface area contributed by atoms with Gasteiger partial charge in [-0.1, -0.05) is 54.1 Å². The lowest BCUT2D eigenvalue weighted by atomic mass is 10.1. The Labute approximate surface area is 186 Å². The summed E-state index contributed by atoms with van der Waals surface area (Å²) in [4.78, 5) is 17.5. The van der Waals surface area contributed by atoms with Crippen molar-refractivity contribution in [1.82, 2.24) is 10.3 Å². The molecule has 3 aromatic carbocycles. The van der Waals surface area contributed by atoms with Crippen LogP contribution >= 0.6 is 0 Å². The molecule has 0 aliphatic carbocycles. The summed E-state index contributed by atoms with van der Waals surface area (Å²) >= 11 is 0. The number of oxazole rings is 1. The first-order valence-corrected chi connectivity index (χ1v) is 11.9. The van der Waals surface area contributed by atoms with Gasteiger partial charge in [0.1, 0.15) is 0 Å². The topological polar surface area (TPSA) is 89.3 Å². The predicted octanol–water partition coefficient (Wildman–Crippen LogP) is 4.65. The van der Waals surface area contributed by atoms with Crippen molar-refractivity contribution in [3.8, 4) is 22.8 Å². The van der Waals surface area contributed by atoms with Gasteiger partial charge in [-0.2, -0.15) is 0 Å². The quantitative estimate of drug-likeness (QED) is 0.466. The average Bonchev–Trinajstić information content (AvgIpc) is 3.28. The van der Waals surface area contributed by atoms with Crippen LogP contribution in [-0.4, -0.2) is 25.6 Å². The number of rotatable bonds is 6. The number of aryl methyl sites for hydroxylation is 1. The van der Waals surface area contributed by atoms with E-state index in [-0.39, 0.29) is 17.3 Å². The predicted molar refractivity (Wildman–Crippen MR) is 123 cm³/mol. The van der Waals surface area contributed by atoms with E-state index in [1.165, 1.54) is 12.1 Å². The molecule has 6 nitrogen and oxygen atoms in total. The van der Waals surface area contributed by atoms with Crippen molar-refractivity contribution in [3.63, 3.8) is 0 Å². The zero-order valence-corrected chi connectivity index (χ0v) is 18.5. The lowest BCUT2D eigenvalue weighted by Crippen LogP contribution is -2.23. The molecule has 0 unspecified atom stereocenters. The molecule has 0 fully saturated rings. The Morgan fingerprint density at radius 2 is 1.66 bits per heavy atom. The highest BCUT2D eigenvalue weighted by molar-refractivity contribution is 7.90. The molecule has 1 aromatic heterocycles. The fourth-order valence-electron chi connectivity index (χ4n) is 3.25. The van der Waals surface area contributed by atoms with Crippen LogP contribution in [-0.2, 0) is 16.4 Å². The smallest absolute Gasteiger partial charge is 0.252 e. The van der Waals surface area contributed by atoms with Crippen molar-refractivity contribution >= 4 is 15.7 Å². The van der Waals surface area contributed by atoms with Crippen LogP contribution in [0.2, 0.25) is 0 Å². The molecular weight excluding hydrogens is 424 g/mol. The van der Waals surface area contributed by atoms with E-state index in [4.69, 9.17) is 4.42 Å². The summed E-state index contributed by atoms with van der Waals surface area (Å²) in [6.07, 6.45) is 2.81. The molecule has 0 saturated carbocycles. The molecule has 7 heteroatoms. The number of hydrogen-bond acceptors (Lipinski definition) is 5. The van der Waals surface area contributed by atoms with E-state index >= 15 is 0 Å². The van der Waals surface area contributed by atoms with Gasteiger partial charge in [0.25, 0.3) is 5.91 Å². The first kappa shape index (κ1) is 21.5. The van der Waals surface area contributed by atoms with Gasteiger partial charge in [0.2, 0.25) is 5.89 Å². The maximum absolute atomic E-state index is 12.9. The molecule has 4 aromatic rings. The normalized spacial score (nSPS) is 11.3. The maximum atomic E-state index is 12.9. The van der Waals surface area contributed by atoms with Gasteiger partial charge in [-0.3, -0.25) is 4.79 Å². The Morgan fingerprint density at radius 3 is 2.34 bits per heavy atom. The minimum absolute atomic E-state index is 0.242. The van der Waals surface area contributed by atoms with Gasteiger partial charge in [0.05, 0.1) is 16.7 Å². The Bertz CT molecular complexity index is 1360. The fourth-order valence-corrected chi connectivity index (χ4v) is 3.88. The second-order valence-corrected chi connectivity index (χ2v) is 9.56. The van der Waals surface area contributed by atoms with Crippen LogP contribution in [0.5, 0.6) is 0 Å². The van der Waals surface area contributed by atoms with E-state index in [1.807, 2.05) is 37.3 Å². The van der Waals surface area contributed by atoms with Crippen LogP contribution in [0.4, 0.5) is 0 Å². The molecule has 0 atom stereocenters. The molecule has 0 radical (unpaired) electrons. The number of carbonyl (C=O) groups is 1. The Kier molecular flexibility index (Phi) is 5.92. The first-order chi connectivity index (χ1) is 15.3. The van der Waals surface area contributed by atoms with Gasteiger partial charge >= 0.3 is 0 Å². The van der Waals surface area contributed by atoms with Crippen LogP contribution in [0.3, 0.4) is 0 Å². The van der Waals surface area contributed by atoms with Crippen molar-refractivity contribution in [1.29, 1.82) is 0 Å². The average molecular weight is 447 g/mol. The van der Waals surface area contributed by atoms with E-state index in [9.17, 15) is 13.2 Å². The summed E-state index contributed by atoms with van der Waals surface area (Å²) in [6, 6.07) is 21.5. The van der Waals surface area contributed by atoms with Gasteiger partial charge in [-0.15, -0.1) is 0 Å². The highest BCUT2D eigenvalue weighted by atomic mass is 32.2. The molecule has 162 valence electrons. The summed E-state index contributed by atoms with van der Waals surface area (Å²) in [7, 11) is -3.26. The third-order valence-corrected chi connectivity index (χ3v) is 6.18. The summed E-state index contributed by atoms with van der Waals surface area (Å²) < 4.78 is 29.1. The van der Waals surface area contributed by atoms with Crippen LogP contribution < -0.4 is 5.32 Å². The second-order valence-electron chi connectivity index (χ2n) is 7.54. The highest BCUT2D eigenvalue weighted by Crippen LogP contribution is 2.28. The third kappa shape index (κ3) is 4.78. The van der Waals surface area contributed by atoms with Crippen molar-refractivity contribution in [3.05, 3.63) is 95.7 Å². The standard InChI is InChI=1S/C25H22N2O4S/c1-17-7-11-19(12-8-17)23-16-27-25(31-23)22-6-4-3-5-21(22)24(28)26-15-18-9-13-20(14-10-18)32(2,29)30/h3-14,16H,15H2,1-2H3,(H,26,28). The van der Waals surface area contributed by atoms with Crippen molar-refractivity contribution in [2.75, 3.05) is 6.26 Å². The molecule has 0 saturated heterocycles. The molecule has 1 heterocycles. The Morgan fingerprint density at radius 1 is 0.969 bits per heavy atom. The van der Waals surface area contributed by atoms with Crippen LogP contribution in [0.1, 0.15) is 21.5 Å². The number of nitrogens with zero attached hydrogens (tertiary/aromatic N) is 1. The summed E-state index contributed by atoms with van der Waals surface area (Å²) in [5.41, 5.74) is 3.89. The lowest BCUT2D eigenvalue weighted by molar-refractivity contribution is 0.0951. The van der Waals surface area contributed by atoms with Crippen molar-refractivity contribution < 1.29 is 17.6 Å². The van der Waals surface area contributed by atoms with Gasteiger partial charge in [0.15, 0.2) is 15.6 Å². The maximum Gasteiger partial charge on any atom is 0.252 e. The molecule has 0 bridgehead atoms. The van der Waals surface area contributed by atoms with Gasteiger partial charge in [-0.25, -0.2) is 13.4 Å². The van der Waals surface area contributed by atoms with Gasteiger partial charge < -0.3 is 9.73 Å². The van der Waals surface area contributed by atoms with Crippen LogP contribution in [0, 0.1) is 6.92 Å². The van der Waals surface area contributed by atoms with E-state index < -0.39 is 9.84 Å². The highest BCUT2D eigenvalue weighted by Gasteiger charge is 2.17. The summed E-state index contributed by atoms with van der Waals surface area (Å²) in [5, 5.41) is 2.87. The molecule has 0 spiro atoms. The number of benzene rings is 3. The molecule has 0 aliphatic heterocycles. The van der Waals surface area contributed by atoms with E-state index in [0.717, 1.165) is 22.9 Å². The van der Waals surface area contributed by atoms with Gasteiger partial charge in [-0.05, 0) is 36.8 Å². The summed E-state index contributed by atoms with van der Waals surface area (Å²) in [5.74, 6) is 0.716. The molecule has 0 aliphatic rings. The number of carbonyl (C=O) groups excluding carboxylic acids is 1. The minimum atomic E-state index is -3.26. The molecule has 1 amide bonds. The summed E-state index contributed by atoms with van der Waals surface area (Å²) in [6.45, 7) is 2.28. The lowest BCUT2D eigenvalue weighted by Gasteiger charge is -2.09. The van der Waals surface area contributed by atoms with Crippen molar-refractivity contribution in [2.24, 2.45) is 0 Å². The van der Waals surface area contributed by atoms with Crippen molar-refractivity contribution in [2.45, 2.75) is 18.4 Å². The molecular formula is C25H22N2O4S. The largest absolute Gasteiger partial charge is 0.436 e. The number of hydrogen-bond donors (Lipinski definition) is 1. The van der Waals surface area contributed by atoms with E-state index in [2.05, 4.69) is 10.3 Å². The Hall–Kier alpha value is -3.71. The van der Waals surface area contributed by atoms with E-state index in [1.54, 1.807) is 36.5 Å². The molecule has 4 rings (SSSR count). The van der Waals surface area contributed by atoms with Crippen LogP contribution in [0.15, 0.2) is 88.3 Å². The Balaban J connectivity index is 1.52. The zero-order chi connectivity index (χ0) is 22.7. The van der Waals surface area contributed by atoms with E-state index in [0.29, 0.717) is 22.8 Å². The monoisotopic (exact) mass is 446 g/mol. The van der Waals surface area contributed by atoms with Gasteiger partial charge in [0, 0.05) is 23.9 Å². The number of aromatic nitrogens is 1. The minimum Gasteiger partial charge on any atom is -0.436 e. The third-order valence-electron chi connectivity index (χ3n) is 5.05. The first-order valence-electron chi connectivity index (χ1n) is 10.0.